The first-order chi connectivity index (χ1) is 18.5. The number of rotatable bonds is 6. The van der Waals surface area contributed by atoms with Crippen LogP contribution in [0, 0.1) is 0 Å². The Bertz CT molecular complexity index is 1580. The highest BCUT2D eigenvalue weighted by Crippen LogP contribution is 2.53. The molecule has 0 atom stereocenters. The third kappa shape index (κ3) is 4.88. The van der Waals surface area contributed by atoms with Gasteiger partial charge in [-0.2, -0.15) is 21.6 Å². The van der Waals surface area contributed by atoms with Gasteiger partial charge in [-0.1, -0.05) is 60.7 Å². The van der Waals surface area contributed by atoms with Crippen LogP contribution in [0.4, 0.5) is 13.2 Å². The first-order valence-corrected chi connectivity index (χ1v) is 12.8. The number of methoxy groups -OCH3 is 1. The van der Waals surface area contributed by atoms with E-state index in [-0.39, 0.29) is 17.1 Å². The van der Waals surface area contributed by atoms with Gasteiger partial charge in [-0.3, -0.25) is 0 Å². The maximum atomic E-state index is 13.1. The van der Waals surface area contributed by atoms with E-state index in [1.165, 1.54) is 6.07 Å². The molecular formula is C28H19F3O7S. The van der Waals surface area contributed by atoms with Crippen LogP contribution in [0.3, 0.4) is 0 Å². The van der Waals surface area contributed by atoms with Crippen molar-refractivity contribution < 1.29 is 44.8 Å². The molecule has 1 heterocycles. The molecule has 39 heavy (non-hydrogen) atoms. The van der Waals surface area contributed by atoms with Gasteiger partial charge >= 0.3 is 28.1 Å². The molecule has 4 aromatic carbocycles. The lowest BCUT2D eigenvalue weighted by Gasteiger charge is -2.28. The third-order valence-electron chi connectivity index (χ3n) is 5.92. The van der Waals surface area contributed by atoms with Crippen molar-refractivity contribution in [3.63, 3.8) is 0 Å². The van der Waals surface area contributed by atoms with Gasteiger partial charge in [-0.15, -0.1) is 0 Å². The summed E-state index contributed by atoms with van der Waals surface area (Å²) in [6.45, 7) is 0. The Morgan fingerprint density at radius 2 is 1.38 bits per heavy atom. The third-order valence-corrected chi connectivity index (χ3v) is 7.17. The molecule has 0 N–H and O–H groups in total. The van der Waals surface area contributed by atoms with Crippen molar-refractivity contribution in [3.05, 3.63) is 119 Å². The number of hydrogen-bond acceptors (Lipinski definition) is 7. The summed E-state index contributed by atoms with van der Waals surface area (Å²) in [6.07, 6.45) is -4.65. The average molecular weight is 557 g/mol. The zero-order valence-electron chi connectivity index (χ0n) is 20.1. The second-order valence-corrected chi connectivity index (χ2v) is 9.95. The molecule has 0 unspecified atom stereocenters. The van der Waals surface area contributed by atoms with Gasteiger partial charge in [0.2, 0.25) is 5.75 Å². The molecule has 0 radical (unpaired) electrons. The van der Waals surface area contributed by atoms with Gasteiger partial charge in [0, 0.05) is 17.2 Å². The number of carbonyl (C=O) groups excluding carboxylic acids is 1. The van der Waals surface area contributed by atoms with Gasteiger partial charge in [-0.05, 0) is 30.3 Å². The number of esters is 1. The summed E-state index contributed by atoms with van der Waals surface area (Å²) < 4.78 is 87.8. The van der Waals surface area contributed by atoms with E-state index in [9.17, 15) is 26.4 Å². The van der Waals surface area contributed by atoms with Crippen molar-refractivity contribution in [2.45, 2.75) is 16.9 Å². The van der Waals surface area contributed by atoms with Crippen LogP contribution in [-0.4, -0.2) is 21.5 Å². The molecule has 1 aliphatic rings. The Labute approximate surface area is 221 Å². The SMILES string of the molecule is COC(=O)c1cc2c(c(OS(=O)(=O)c3ccc(C(F)(F)F)cc3)c1)OC(c1ccccc1)(c1ccccc1)O2. The first kappa shape index (κ1) is 26.1. The maximum Gasteiger partial charge on any atom is 0.416 e. The largest absolute Gasteiger partial charge is 0.465 e. The van der Waals surface area contributed by atoms with Gasteiger partial charge in [0.05, 0.1) is 18.2 Å². The summed E-state index contributed by atoms with van der Waals surface area (Å²) in [4.78, 5) is 11.9. The predicted octanol–water partition coefficient (Wildman–Crippen LogP) is 5.93. The number of ether oxygens (including phenoxy) is 3. The smallest absolute Gasteiger partial charge is 0.416 e. The summed E-state index contributed by atoms with van der Waals surface area (Å²) >= 11 is 0. The molecular weight excluding hydrogens is 537 g/mol. The molecule has 0 fully saturated rings. The molecule has 200 valence electrons. The van der Waals surface area contributed by atoms with Crippen LogP contribution >= 0.6 is 0 Å². The van der Waals surface area contributed by atoms with Crippen LogP contribution < -0.4 is 13.7 Å². The lowest BCUT2D eigenvalue weighted by atomic mass is 9.97. The van der Waals surface area contributed by atoms with Crippen molar-refractivity contribution in [3.8, 4) is 17.2 Å². The van der Waals surface area contributed by atoms with E-state index in [4.69, 9.17) is 18.4 Å². The highest BCUT2D eigenvalue weighted by atomic mass is 32.2. The van der Waals surface area contributed by atoms with E-state index in [0.717, 1.165) is 25.3 Å². The molecule has 0 bridgehead atoms. The molecule has 0 amide bonds. The number of alkyl halides is 3. The summed E-state index contributed by atoms with van der Waals surface area (Å²) in [6, 6.07) is 22.9. The van der Waals surface area contributed by atoms with Crippen molar-refractivity contribution in [2.75, 3.05) is 7.11 Å². The molecule has 5 rings (SSSR count). The molecule has 4 aromatic rings. The van der Waals surface area contributed by atoms with Gasteiger partial charge in [-0.25, -0.2) is 4.79 Å². The molecule has 0 aliphatic carbocycles. The number of fused-ring (bicyclic) bond motifs is 1. The fourth-order valence-electron chi connectivity index (χ4n) is 4.06. The predicted molar refractivity (Wildman–Crippen MR) is 132 cm³/mol. The molecule has 0 aromatic heterocycles. The number of benzene rings is 4. The Morgan fingerprint density at radius 3 is 1.90 bits per heavy atom. The molecule has 0 saturated carbocycles. The monoisotopic (exact) mass is 556 g/mol. The van der Waals surface area contributed by atoms with E-state index in [2.05, 4.69) is 0 Å². The van der Waals surface area contributed by atoms with E-state index in [1.54, 1.807) is 60.7 Å². The van der Waals surface area contributed by atoms with E-state index >= 15 is 0 Å². The molecule has 0 spiro atoms. The van der Waals surface area contributed by atoms with Crippen molar-refractivity contribution >= 4 is 16.1 Å². The summed E-state index contributed by atoms with van der Waals surface area (Å²) in [5.41, 5.74) is -0.0104. The van der Waals surface area contributed by atoms with Gasteiger partial charge in [0.1, 0.15) is 4.90 Å². The minimum Gasteiger partial charge on any atom is -0.465 e. The topological polar surface area (TPSA) is 88.1 Å². The van der Waals surface area contributed by atoms with Gasteiger partial charge < -0.3 is 18.4 Å². The molecule has 0 saturated heterocycles. The Kier molecular flexibility index (Phi) is 6.47. The second-order valence-electron chi connectivity index (χ2n) is 8.41. The lowest BCUT2D eigenvalue weighted by molar-refractivity contribution is -0.137. The Morgan fingerprint density at radius 1 is 0.821 bits per heavy atom. The Balaban J connectivity index is 1.62. The minimum atomic E-state index is -4.67. The van der Waals surface area contributed by atoms with Crippen molar-refractivity contribution in [2.24, 2.45) is 0 Å². The van der Waals surface area contributed by atoms with Crippen molar-refractivity contribution in [1.82, 2.24) is 0 Å². The van der Waals surface area contributed by atoms with Crippen LogP contribution in [0.25, 0.3) is 0 Å². The quantitative estimate of drug-likeness (QED) is 0.215. The lowest BCUT2D eigenvalue weighted by Crippen LogP contribution is -2.36. The summed E-state index contributed by atoms with van der Waals surface area (Å²) in [7, 11) is -3.52. The van der Waals surface area contributed by atoms with E-state index in [0.29, 0.717) is 23.3 Å². The number of carbonyl (C=O) groups is 1. The standard InChI is InChI=1S/C28H19F3O7S/c1-35-26(32)18-16-23-25(24(17-18)38-39(33,34)22-14-12-21(13-15-22)28(29,30)31)37-27(36-23,19-8-4-2-5-9-19)20-10-6-3-7-11-20/h2-17H,1H3. The number of halogens is 3. The van der Waals surface area contributed by atoms with Gasteiger partial charge in [0.25, 0.3) is 0 Å². The van der Waals surface area contributed by atoms with E-state index in [1.807, 2.05) is 0 Å². The highest BCUT2D eigenvalue weighted by molar-refractivity contribution is 7.87. The molecule has 1 aliphatic heterocycles. The fraction of sp³-hybridized carbons (Fsp3) is 0.107. The summed E-state index contributed by atoms with van der Waals surface area (Å²) in [5.74, 6) is -2.94. The highest BCUT2D eigenvalue weighted by Gasteiger charge is 2.47. The van der Waals surface area contributed by atoms with Crippen LogP contribution in [0.5, 0.6) is 17.2 Å². The molecule has 7 nitrogen and oxygen atoms in total. The van der Waals surface area contributed by atoms with Crippen molar-refractivity contribution in [1.29, 1.82) is 0 Å². The fourth-order valence-corrected chi connectivity index (χ4v) is 4.99. The maximum absolute atomic E-state index is 13.1. The molecule has 11 heteroatoms. The van der Waals surface area contributed by atoms with Crippen LogP contribution in [0.1, 0.15) is 27.0 Å². The van der Waals surface area contributed by atoms with Crippen LogP contribution in [-0.2, 0) is 26.8 Å². The van der Waals surface area contributed by atoms with Crippen LogP contribution in [0.2, 0.25) is 0 Å². The van der Waals surface area contributed by atoms with E-state index < -0.39 is 44.3 Å². The first-order valence-electron chi connectivity index (χ1n) is 11.4. The summed E-state index contributed by atoms with van der Waals surface area (Å²) in [5, 5.41) is 0. The normalized spacial score (nSPS) is 14.1. The zero-order valence-corrected chi connectivity index (χ0v) is 21.0. The average Bonchev–Trinajstić information content (AvgIpc) is 3.34. The number of hydrogen-bond donors (Lipinski definition) is 0. The zero-order chi connectivity index (χ0) is 27.8. The van der Waals surface area contributed by atoms with Crippen LogP contribution in [0.15, 0.2) is 102 Å². The van der Waals surface area contributed by atoms with Gasteiger partial charge in [0.15, 0.2) is 11.5 Å². The minimum absolute atomic E-state index is 0.0109. The second kappa shape index (κ2) is 9.66. The Hall–Kier alpha value is -4.51.